The van der Waals surface area contributed by atoms with Crippen LogP contribution in [0, 0.1) is 0 Å². The largest absolute Gasteiger partial charge is 0.316 e. The summed E-state index contributed by atoms with van der Waals surface area (Å²) in [7, 11) is 0. The number of anilines is 2. The second-order valence-electron chi connectivity index (χ2n) is 11.8. The maximum absolute atomic E-state index is 4.39. The van der Waals surface area contributed by atoms with Crippen molar-refractivity contribution in [1.82, 2.24) is 14.1 Å². The molecule has 45 heavy (non-hydrogen) atoms. The quantitative estimate of drug-likeness (QED) is 0.196. The van der Waals surface area contributed by atoms with Crippen molar-refractivity contribution >= 4 is 55.8 Å². The highest BCUT2D eigenvalue weighted by Crippen LogP contribution is 2.55. The standard InChI is InChI=1S/C41H27N4/c1-2-13-29(14-3-1)43-36-19-6-7-20-37(36)45-39-32(17-9-21-38(39)43)34-23-22-33-31-16-4-5-18-35(31)44(40(33)41(34)45)30-15-8-11-27(25-30)28-12-10-24-42-26-28/h1-26,39H/q+1. The monoisotopic (exact) mass is 575 g/mol. The highest BCUT2D eigenvalue weighted by Gasteiger charge is 2.49. The number of fused-ring (bicyclic) bond motifs is 9. The smallest absolute Gasteiger partial charge is 0.235 e. The van der Waals surface area contributed by atoms with E-state index in [0.717, 1.165) is 16.8 Å². The molecule has 4 heterocycles. The minimum Gasteiger partial charge on any atom is -0.316 e. The molecule has 0 radical (unpaired) electrons. The van der Waals surface area contributed by atoms with Gasteiger partial charge in [-0.1, -0.05) is 91.0 Å². The fourth-order valence-corrected chi connectivity index (χ4v) is 7.69. The zero-order chi connectivity index (χ0) is 29.5. The maximum Gasteiger partial charge on any atom is 0.235 e. The highest BCUT2D eigenvalue weighted by atomic mass is 15.3. The molecule has 1 aliphatic carbocycles. The van der Waals surface area contributed by atoms with Crippen molar-refractivity contribution in [1.29, 1.82) is 0 Å². The van der Waals surface area contributed by atoms with Crippen LogP contribution in [0.15, 0.2) is 158 Å². The Kier molecular flexibility index (Phi) is 5.02. The van der Waals surface area contributed by atoms with E-state index in [4.69, 9.17) is 0 Å². The third-order valence-electron chi connectivity index (χ3n) is 9.49. The molecule has 2 aliphatic heterocycles. The van der Waals surface area contributed by atoms with Crippen molar-refractivity contribution in [3.63, 3.8) is 0 Å². The molecule has 1 unspecified atom stereocenters. The molecule has 0 bridgehead atoms. The summed E-state index contributed by atoms with van der Waals surface area (Å²) >= 11 is 0. The lowest BCUT2D eigenvalue weighted by Gasteiger charge is -2.33. The van der Waals surface area contributed by atoms with Crippen molar-refractivity contribution < 1.29 is 0 Å². The molecule has 0 amide bonds. The Hall–Kier alpha value is -6.00. The molecule has 7 aromatic rings. The number of nitrogens with zero attached hydrogens (tertiary/aromatic N) is 4. The fourth-order valence-electron chi connectivity index (χ4n) is 7.69. The predicted molar refractivity (Wildman–Crippen MR) is 186 cm³/mol. The first-order valence-electron chi connectivity index (χ1n) is 15.4. The Labute approximate surface area is 260 Å². The van der Waals surface area contributed by atoms with Gasteiger partial charge in [0.1, 0.15) is 11.7 Å². The van der Waals surface area contributed by atoms with Crippen LogP contribution in [0.5, 0.6) is 0 Å². The number of rotatable bonds is 3. The van der Waals surface area contributed by atoms with Gasteiger partial charge >= 0.3 is 0 Å². The van der Waals surface area contributed by atoms with Gasteiger partial charge in [0.25, 0.3) is 0 Å². The summed E-state index contributed by atoms with van der Waals surface area (Å²) in [6, 6.07) is 46.1. The summed E-state index contributed by atoms with van der Waals surface area (Å²) < 4.78 is 4.91. The summed E-state index contributed by atoms with van der Waals surface area (Å²) in [5, 5.41) is 2.51. The van der Waals surface area contributed by atoms with Gasteiger partial charge in [-0.05, 0) is 41.5 Å². The molecule has 1 atom stereocenters. The van der Waals surface area contributed by atoms with Crippen LogP contribution in [-0.4, -0.2) is 21.3 Å². The van der Waals surface area contributed by atoms with Crippen LogP contribution < -0.4 is 9.48 Å². The van der Waals surface area contributed by atoms with Crippen LogP contribution in [0.2, 0.25) is 0 Å². The van der Waals surface area contributed by atoms with E-state index < -0.39 is 0 Å². The minimum atomic E-state index is 0.0684. The topological polar surface area (TPSA) is 24.1 Å². The molecule has 5 aromatic carbocycles. The van der Waals surface area contributed by atoms with Gasteiger partial charge in [-0.25, -0.2) is 0 Å². The van der Waals surface area contributed by atoms with Crippen LogP contribution in [0.3, 0.4) is 0 Å². The third kappa shape index (κ3) is 3.36. The summed E-state index contributed by atoms with van der Waals surface area (Å²) in [5.41, 5.74) is 14.5. The summed E-state index contributed by atoms with van der Waals surface area (Å²) in [6.07, 6.45) is 10.6. The Balaban J connectivity index is 1.31. The van der Waals surface area contributed by atoms with Crippen molar-refractivity contribution in [2.45, 2.75) is 6.04 Å². The van der Waals surface area contributed by atoms with E-state index in [0.29, 0.717) is 0 Å². The lowest BCUT2D eigenvalue weighted by molar-refractivity contribution is 0.931. The Morgan fingerprint density at radius 1 is 0.689 bits per heavy atom. The maximum atomic E-state index is 4.39. The van der Waals surface area contributed by atoms with Crippen LogP contribution in [0.1, 0.15) is 5.56 Å². The Bertz CT molecular complexity index is 2430. The van der Waals surface area contributed by atoms with E-state index in [1.54, 1.807) is 0 Å². The van der Waals surface area contributed by atoms with Gasteiger partial charge in [0.05, 0.1) is 16.7 Å². The van der Waals surface area contributed by atoms with E-state index >= 15 is 0 Å². The van der Waals surface area contributed by atoms with Crippen LogP contribution >= 0.6 is 0 Å². The van der Waals surface area contributed by atoms with Gasteiger partial charge in [0.15, 0.2) is 0 Å². The first kappa shape index (κ1) is 24.4. The molecular weight excluding hydrogens is 548 g/mol. The fraction of sp³-hybridized carbons (Fsp3) is 0.0244. The van der Waals surface area contributed by atoms with E-state index in [1.165, 1.54) is 61.4 Å². The van der Waals surface area contributed by atoms with Gasteiger partial charge in [-0.15, -0.1) is 0 Å². The molecule has 2 aromatic heterocycles. The van der Waals surface area contributed by atoms with Crippen molar-refractivity contribution in [2.75, 3.05) is 4.90 Å². The van der Waals surface area contributed by atoms with Gasteiger partial charge in [0.2, 0.25) is 17.1 Å². The molecule has 4 nitrogen and oxygen atoms in total. The molecule has 0 saturated heterocycles. The zero-order valence-electron chi connectivity index (χ0n) is 24.4. The molecule has 10 rings (SSSR count). The molecule has 4 heteroatoms. The molecule has 0 fully saturated rings. The second-order valence-corrected chi connectivity index (χ2v) is 11.8. The zero-order valence-corrected chi connectivity index (χ0v) is 24.4. The number of hydrogen-bond acceptors (Lipinski definition) is 2. The minimum absolute atomic E-state index is 0.0684. The van der Waals surface area contributed by atoms with Gasteiger partial charge in [-0.2, -0.15) is 4.58 Å². The Morgan fingerprint density at radius 3 is 2.44 bits per heavy atom. The lowest BCUT2D eigenvalue weighted by atomic mass is 9.92. The molecule has 0 saturated carbocycles. The van der Waals surface area contributed by atoms with Crippen molar-refractivity contribution in [3.05, 3.63) is 164 Å². The summed E-state index contributed by atoms with van der Waals surface area (Å²) in [4.78, 5) is 6.99. The lowest BCUT2D eigenvalue weighted by Crippen LogP contribution is -2.43. The van der Waals surface area contributed by atoms with Crippen LogP contribution in [0.4, 0.5) is 22.7 Å². The van der Waals surface area contributed by atoms with Gasteiger partial charge < -0.3 is 9.47 Å². The Morgan fingerprint density at radius 2 is 1.53 bits per heavy atom. The van der Waals surface area contributed by atoms with E-state index in [-0.39, 0.29) is 6.04 Å². The normalized spacial score (nSPS) is 16.1. The first-order chi connectivity index (χ1) is 22.4. The molecule has 210 valence electrons. The second kappa shape index (κ2) is 9.25. The van der Waals surface area contributed by atoms with Crippen LogP contribution in [0.25, 0.3) is 44.2 Å². The summed E-state index contributed by atoms with van der Waals surface area (Å²) in [6.45, 7) is 0. The van der Waals surface area contributed by atoms with Gasteiger partial charge in [-0.3, -0.25) is 4.98 Å². The molecular formula is C41H27N4+. The molecule has 0 spiro atoms. The number of hydrogen-bond donors (Lipinski definition) is 0. The molecule has 3 aliphatic rings. The summed E-state index contributed by atoms with van der Waals surface area (Å²) in [5.74, 6) is 0. The van der Waals surface area contributed by atoms with Gasteiger partial charge in [0, 0.05) is 64.3 Å². The third-order valence-corrected chi connectivity index (χ3v) is 9.49. The number of pyridine rings is 1. The predicted octanol–water partition coefficient (Wildman–Crippen LogP) is 9.61. The molecule has 0 N–H and O–H groups in total. The van der Waals surface area contributed by atoms with E-state index in [1.807, 2.05) is 18.5 Å². The number of allylic oxidation sites excluding steroid dienone is 2. The number of para-hydroxylation sites is 4. The average Bonchev–Trinajstić information content (AvgIpc) is 3.64. The SMILES string of the molecule is C1=CC2=[N+](c3ccccc3)c3ccccc3N3c4c(ccc5c6ccccc6n(-c6cccc(-c7cccnc7)c6)c45)C(=C1)C23. The number of benzene rings is 5. The average molecular weight is 576 g/mol. The first-order valence-corrected chi connectivity index (χ1v) is 15.4. The van der Waals surface area contributed by atoms with Crippen molar-refractivity contribution in [3.8, 4) is 16.8 Å². The van der Waals surface area contributed by atoms with E-state index in [9.17, 15) is 0 Å². The van der Waals surface area contributed by atoms with Crippen molar-refractivity contribution in [2.24, 2.45) is 0 Å². The highest BCUT2D eigenvalue weighted by molar-refractivity contribution is 6.25. The van der Waals surface area contributed by atoms with Crippen LogP contribution in [-0.2, 0) is 0 Å². The van der Waals surface area contributed by atoms with E-state index in [2.05, 4.69) is 159 Å². The number of aromatic nitrogens is 2.